The fourth-order valence-corrected chi connectivity index (χ4v) is 1.61. The fraction of sp³-hybridized carbons (Fsp3) is 0.0714. The first-order valence-electron chi connectivity index (χ1n) is 5.54. The van der Waals surface area contributed by atoms with Gasteiger partial charge < -0.3 is 15.2 Å². The van der Waals surface area contributed by atoms with E-state index in [-0.39, 0.29) is 11.3 Å². The van der Waals surface area contributed by atoms with E-state index >= 15 is 0 Å². The largest absolute Gasteiger partial charge is 0.504 e. The molecule has 0 atom stereocenters. The minimum absolute atomic E-state index is 0.0576. The second-order valence-electron chi connectivity index (χ2n) is 3.82. The van der Waals surface area contributed by atoms with Crippen molar-refractivity contribution in [3.8, 4) is 11.5 Å². The predicted molar refractivity (Wildman–Crippen MR) is 69.0 cm³/mol. The molecule has 0 fully saturated rings. The smallest absolute Gasteiger partial charge is 0.258 e. The molecule has 5 heteroatoms. The number of methoxy groups -OCH3 is 1. The quantitative estimate of drug-likeness (QED) is 0.893. The van der Waals surface area contributed by atoms with Gasteiger partial charge in [0.25, 0.3) is 5.91 Å². The van der Waals surface area contributed by atoms with E-state index in [1.54, 1.807) is 12.1 Å². The molecule has 0 aliphatic carbocycles. The van der Waals surface area contributed by atoms with Crippen molar-refractivity contribution >= 4 is 11.6 Å². The minimum Gasteiger partial charge on any atom is -0.504 e. The van der Waals surface area contributed by atoms with Crippen LogP contribution in [-0.2, 0) is 0 Å². The predicted octanol–water partition coefficient (Wildman–Crippen LogP) is 2.79. The van der Waals surface area contributed by atoms with Gasteiger partial charge in [0, 0.05) is 11.8 Å². The number of aromatic hydroxyl groups is 1. The van der Waals surface area contributed by atoms with Crippen molar-refractivity contribution in [2.24, 2.45) is 0 Å². The summed E-state index contributed by atoms with van der Waals surface area (Å²) in [6, 6.07) is 10.1. The van der Waals surface area contributed by atoms with Crippen molar-refractivity contribution in [3.63, 3.8) is 0 Å². The molecule has 19 heavy (non-hydrogen) atoms. The zero-order valence-electron chi connectivity index (χ0n) is 10.2. The molecular weight excluding hydrogens is 249 g/mol. The van der Waals surface area contributed by atoms with E-state index in [2.05, 4.69) is 5.32 Å². The first-order valence-corrected chi connectivity index (χ1v) is 5.54. The van der Waals surface area contributed by atoms with E-state index in [4.69, 9.17) is 4.74 Å². The van der Waals surface area contributed by atoms with Crippen LogP contribution in [-0.4, -0.2) is 18.1 Å². The van der Waals surface area contributed by atoms with Crippen LogP contribution in [0.25, 0.3) is 0 Å². The normalized spacial score (nSPS) is 10.0. The summed E-state index contributed by atoms with van der Waals surface area (Å²) in [5, 5.41) is 12.1. The Morgan fingerprint density at radius 2 is 2.00 bits per heavy atom. The van der Waals surface area contributed by atoms with Gasteiger partial charge in [-0.2, -0.15) is 0 Å². The van der Waals surface area contributed by atoms with Gasteiger partial charge in [-0.25, -0.2) is 4.39 Å². The number of benzene rings is 2. The zero-order valence-corrected chi connectivity index (χ0v) is 10.2. The molecule has 4 nitrogen and oxygen atoms in total. The summed E-state index contributed by atoms with van der Waals surface area (Å²) in [5.41, 5.74) is 0.296. The lowest BCUT2D eigenvalue weighted by Crippen LogP contribution is -2.13. The number of amides is 1. The lowest BCUT2D eigenvalue weighted by Gasteiger charge is -2.08. The summed E-state index contributed by atoms with van der Waals surface area (Å²) in [6.45, 7) is 0. The number of halogens is 1. The van der Waals surface area contributed by atoms with Crippen LogP contribution in [0, 0.1) is 5.82 Å². The van der Waals surface area contributed by atoms with E-state index in [0.29, 0.717) is 11.4 Å². The highest BCUT2D eigenvalue weighted by atomic mass is 19.1. The third-order valence-electron chi connectivity index (χ3n) is 2.56. The van der Waals surface area contributed by atoms with Crippen LogP contribution < -0.4 is 10.1 Å². The summed E-state index contributed by atoms with van der Waals surface area (Å²) in [6.07, 6.45) is 0. The van der Waals surface area contributed by atoms with Crippen LogP contribution in [0.4, 0.5) is 10.1 Å². The molecule has 0 radical (unpaired) electrons. The van der Waals surface area contributed by atoms with Crippen LogP contribution in [0.5, 0.6) is 11.5 Å². The molecule has 2 rings (SSSR count). The monoisotopic (exact) mass is 261 g/mol. The minimum atomic E-state index is -0.599. The van der Waals surface area contributed by atoms with Crippen molar-refractivity contribution in [3.05, 3.63) is 53.8 Å². The Bertz CT molecular complexity index is 613. The van der Waals surface area contributed by atoms with Crippen LogP contribution in [0.3, 0.4) is 0 Å². The number of hydrogen-bond donors (Lipinski definition) is 2. The Morgan fingerprint density at radius 3 is 2.63 bits per heavy atom. The first kappa shape index (κ1) is 12.9. The number of nitrogens with one attached hydrogen (secondary N) is 1. The average Bonchev–Trinajstić information content (AvgIpc) is 2.39. The molecule has 2 aromatic rings. The number of hydrogen-bond acceptors (Lipinski definition) is 3. The maximum Gasteiger partial charge on any atom is 0.258 e. The second-order valence-corrected chi connectivity index (χ2v) is 3.82. The molecule has 98 valence electrons. The van der Waals surface area contributed by atoms with Gasteiger partial charge >= 0.3 is 0 Å². The molecule has 2 N–H and O–H groups in total. The summed E-state index contributed by atoms with van der Waals surface area (Å²) in [5.74, 6) is -0.988. The maximum atomic E-state index is 13.4. The molecule has 0 aliphatic rings. The van der Waals surface area contributed by atoms with Crippen molar-refractivity contribution < 1.29 is 19.0 Å². The number of rotatable bonds is 3. The highest BCUT2D eigenvalue weighted by Crippen LogP contribution is 2.28. The fourth-order valence-electron chi connectivity index (χ4n) is 1.61. The van der Waals surface area contributed by atoms with E-state index in [1.807, 2.05) is 0 Å². The van der Waals surface area contributed by atoms with Crippen LogP contribution in [0.1, 0.15) is 10.4 Å². The molecule has 0 aliphatic heterocycles. The molecule has 0 heterocycles. The first-order chi connectivity index (χ1) is 9.11. The van der Waals surface area contributed by atoms with Crippen LogP contribution >= 0.6 is 0 Å². The van der Waals surface area contributed by atoms with Crippen LogP contribution in [0.2, 0.25) is 0 Å². The maximum absolute atomic E-state index is 13.4. The van der Waals surface area contributed by atoms with Gasteiger partial charge in [-0.05, 0) is 24.3 Å². The second kappa shape index (κ2) is 5.39. The summed E-state index contributed by atoms with van der Waals surface area (Å²) < 4.78 is 18.3. The topological polar surface area (TPSA) is 58.6 Å². The standard InChI is InChI=1S/C14H12FNO3/c1-19-13-7-6-9(8-12(13)17)16-14(18)10-4-2-3-5-11(10)15/h2-8,17H,1H3,(H,16,18). The molecule has 0 unspecified atom stereocenters. The van der Waals surface area contributed by atoms with E-state index in [9.17, 15) is 14.3 Å². The van der Waals surface area contributed by atoms with Gasteiger partial charge in [-0.3, -0.25) is 4.79 Å². The summed E-state index contributed by atoms with van der Waals surface area (Å²) >= 11 is 0. The Morgan fingerprint density at radius 1 is 1.26 bits per heavy atom. The third kappa shape index (κ3) is 2.82. The van der Waals surface area contributed by atoms with Gasteiger partial charge in [0.1, 0.15) is 5.82 Å². The summed E-state index contributed by atoms with van der Waals surface area (Å²) in [7, 11) is 1.42. The van der Waals surface area contributed by atoms with Gasteiger partial charge in [-0.15, -0.1) is 0 Å². The number of phenols is 1. The number of carbonyl (C=O) groups is 1. The molecule has 0 bridgehead atoms. The molecule has 0 spiro atoms. The van der Waals surface area contributed by atoms with Crippen molar-refractivity contribution in [1.82, 2.24) is 0 Å². The van der Waals surface area contributed by atoms with Crippen LogP contribution in [0.15, 0.2) is 42.5 Å². The van der Waals surface area contributed by atoms with E-state index < -0.39 is 11.7 Å². The van der Waals surface area contributed by atoms with E-state index in [1.165, 1.54) is 37.4 Å². The van der Waals surface area contributed by atoms with Gasteiger partial charge in [0.2, 0.25) is 0 Å². The Hall–Kier alpha value is -2.56. The van der Waals surface area contributed by atoms with Crippen molar-refractivity contribution in [2.45, 2.75) is 0 Å². The number of ether oxygens (including phenoxy) is 1. The molecule has 0 saturated carbocycles. The lowest BCUT2D eigenvalue weighted by molar-refractivity contribution is 0.102. The molecule has 2 aromatic carbocycles. The van der Waals surface area contributed by atoms with Crippen molar-refractivity contribution in [1.29, 1.82) is 0 Å². The molecule has 1 amide bonds. The van der Waals surface area contributed by atoms with Gasteiger partial charge in [0.05, 0.1) is 12.7 Å². The highest BCUT2D eigenvalue weighted by Gasteiger charge is 2.11. The molecule has 0 saturated heterocycles. The average molecular weight is 261 g/mol. The van der Waals surface area contributed by atoms with Gasteiger partial charge in [-0.1, -0.05) is 12.1 Å². The number of anilines is 1. The Labute approximate surface area is 109 Å². The lowest BCUT2D eigenvalue weighted by atomic mass is 10.2. The van der Waals surface area contributed by atoms with Gasteiger partial charge in [0.15, 0.2) is 11.5 Å². The zero-order chi connectivity index (χ0) is 13.8. The SMILES string of the molecule is COc1ccc(NC(=O)c2ccccc2F)cc1O. The molecular formula is C14H12FNO3. The Balaban J connectivity index is 2.20. The number of phenolic OH excluding ortho intramolecular Hbond substituents is 1. The number of carbonyl (C=O) groups excluding carboxylic acids is 1. The third-order valence-corrected chi connectivity index (χ3v) is 2.56. The van der Waals surface area contributed by atoms with Crippen molar-refractivity contribution in [2.75, 3.05) is 12.4 Å². The molecule has 0 aromatic heterocycles. The summed E-state index contributed by atoms with van der Waals surface area (Å²) in [4.78, 5) is 11.8. The highest BCUT2D eigenvalue weighted by molar-refractivity contribution is 6.04. The Kier molecular flexibility index (Phi) is 3.66. The van der Waals surface area contributed by atoms with E-state index in [0.717, 1.165) is 0 Å².